The Morgan fingerprint density at radius 1 is 1.00 bits per heavy atom. The summed E-state index contributed by atoms with van der Waals surface area (Å²) < 4.78 is 34.4. The third-order valence-electron chi connectivity index (χ3n) is 4.69. The Morgan fingerprint density at radius 3 is 2.44 bits per heavy atom. The maximum Gasteiger partial charge on any atom is 0.230 e. The first kappa shape index (κ1) is 17.9. The normalized spacial score (nSPS) is 15.2. The second-order valence-corrected chi connectivity index (χ2v) is 6.79. The molecule has 27 heavy (non-hydrogen) atoms. The first-order valence-electron chi connectivity index (χ1n) is 9.07. The van der Waals surface area contributed by atoms with E-state index in [9.17, 15) is 0 Å². The molecule has 0 bridgehead atoms. The average Bonchev–Trinajstić information content (AvgIpc) is 2.68. The van der Waals surface area contributed by atoms with Crippen LogP contribution < -0.4 is 18.9 Å². The van der Waals surface area contributed by atoms with Crippen LogP contribution in [0.3, 0.4) is 0 Å². The highest BCUT2D eigenvalue weighted by molar-refractivity contribution is 6.03. The van der Waals surface area contributed by atoms with Gasteiger partial charge in [-0.25, -0.2) is 0 Å². The van der Waals surface area contributed by atoms with Gasteiger partial charge in [-0.15, -0.1) is 0 Å². The van der Waals surface area contributed by atoms with Crippen molar-refractivity contribution in [2.45, 2.75) is 26.4 Å². The molecule has 2 aromatic rings. The first-order chi connectivity index (χ1) is 13.2. The maximum atomic E-state index is 6.14. The van der Waals surface area contributed by atoms with Crippen LogP contribution in [0.1, 0.15) is 31.9 Å². The van der Waals surface area contributed by atoms with Crippen molar-refractivity contribution in [1.82, 2.24) is 0 Å². The molecule has 144 valence electrons. The Morgan fingerprint density at radius 2 is 1.70 bits per heavy atom. The van der Waals surface area contributed by atoms with Gasteiger partial charge >= 0.3 is 0 Å². The fourth-order valence-electron chi connectivity index (χ4n) is 3.42. The van der Waals surface area contributed by atoms with Crippen LogP contribution in [0.15, 0.2) is 29.8 Å². The maximum absolute atomic E-state index is 6.14. The largest absolute Gasteiger partial charge is 0.457 e. The van der Waals surface area contributed by atoms with Crippen LogP contribution in [0.2, 0.25) is 0 Å². The molecular weight excluding hydrogens is 348 g/mol. The van der Waals surface area contributed by atoms with Gasteiger partial charge in [0.25, 0.3) is 0 Å². The van der Waals surface area contributed by atoms with Gasteiger partial charge in [-0.3, -0.25) is 0 Å². The predicted molar refractivity (Wildman–Crippen MR) is 101 cm³/mol. The van der Waals surface area contributed by atoms with Gasteiger partial charge in [-0.1, -0.05) is 11.6 Å². The molecule has 0 N–H and O–H groups in total. The van der Waals surface area contributed by atoms with Crippen LogP contribution in [0.4, 0.5) is 0 Å². The SMILES string of the molecule is COCCO[C@H](CC=C(C)C)c1cc2c3c(ccc4c3c1OCO4)OCO2. The highest BCUT2D eigenvalue weighted by Gasteiger charge is 2.29. The quantitative estimate of drug-likeness (QED) is 0.532. The first-order valence-corrected chi connectivity index (χ1v) is 9.07. The van der Waals surface area contributed by atoms with Gasteiger partial charge in [-0.05, 0) is 38.5 Å². The monoisotopic (exact) mass is 372 g/mol. The van der Waals surface area contributed by atoms with E-state index in [1.165, 1.54) is 5.57 Å². The minimum atomic E-state index is -0.174. The van der Waals surface area contributed by atoms with Crippen molar-refractivity contribution < 1.29 is 28.4 Å². The molecule has 0 fully saturated rings. The number of allylic oxidation sites excluding steroid dienone is 1. The summed E-state index contributed by atoms with van der Waals surface area (Å²) in [7, 11) is 1.67. The Hall–Kier alpha value is -2.44. The van der Waals surface area contributed by atoms with Gasteiger partial charge in [-0.2, -0.15) is 0 Å². The van der Waals surface area contributed by atoms with Gasteiger partial charge in [0.05, 0.1) is 30.1 Å². The smallest absolute Gasteiger partial charge is 0.230 e. The Bertz CT molecular complexity index is 869. The molecule has 0 amide bonds. The summed E-state index contributed by atoms with van der Waals surface area (Å²) in [5.74, 6) is 3.08. The van der Waals surface area contributed by atoms with Gasteiger partial charge in [0.2, 0.25) is 13.6 Å². The second-order valence-electron chi connectivity index (χ2n) is 6.79. The predicted octanol–water partition coefficient (Wildman–Crippen LogP) is 4.36. The Kier molecular flexibility index (Phi) is 5.09. The topological polar surface area (TPSA) is 55.4 Å². The van der Waals surface area contributed by atoms with Crippen LogP contribution in [0, 0.1) is 0 Å². The number of hydrogen-bond donors (Lipinski definition) is 0. The van der Waals surface area contributed by atoms with Gasteiger partial charge in [0, 0.05) is 12.7 Å². The van der Waals surface area contributed by atoms with Crippen LogP contribution >= 0.6 is 0 Å². The Balaban J connectivity index is 1.84. The molecule has 0 saturated heterocycles. The van der Waals surface area contributed by atoms with Crippen molar-refractivity contribution in [3.05, 3.63) is 35.4 Å². The van der Waals surface area contributed by atoms with Crippen molar-refractivity contribution in [3.63, 3.8) is 0 Å². The molecule has 2 aliphatic heterocycles. The van der Waals surface area contributed by atoms with Crippen LogP contribution in [-0.4, -0.2) is 33.9 Å². The zero-order valence-corrected chi connectivity index (χ0v) is 15.9. The highest BCUT2D eigenvalue weighted by Crippen LogP contribution is 2.51. The van der Waals surface area contributed by atoms with E-state index >= 15 is 0 Å². The third-order valence-corrected chi connectivity index (χ3v) is 4.69. The summed E-state index contributed by atoms with van der Waals surface area (Å²) >= 11 is 0. The van der Waals surface area contributed by atoms with Crippen LogP contribution in [-0.2, 0) is 9.47 Å². The number of rotatable bonds is 7. The number of methoxy groups -OCH3 is 1. The van der Waals surface area contributed by atoms with E-state index in [4.69, 9.17) is 28.4 Å². The van der Waals surface area contributed by atoms with Crippen molar-refractivity contribution in [1.29, 1.82) is 0 Å². The van der Waals surface area contributed by atoms with E-state index in [0.29, 0.717) is 13.2 Å². The fourth-order valence-corrected chi connectivity index (χ4v) is 3.42. The lowest BCUT2D eigenvalue weighted by Crippen LogP contribution is -2.18. The van der Waals surface area contributed by atoms with Crippen LogP contribution in [0.25, 0.3) is 10.8 Å². The number of hydrogen-bond acceptors (Lipinski definition) is 6. The number of benzene rings is 2. The molecule has 0 radical (unpaired) electrons. The van der Waals surface area contributed by atoms with E-state index < -0.39 is 0 Å². The molecule has 6 heteroatoms. The van der Waals surface area contributed by atoms with E-state index in [1.807, 2.05) is 18.2 Å². The van der Waals surface area contributed by atoms with Gasteiger partial charge in [0.15, 0.2) is 0 Å². The third kappa shape index (κ3) is 3.42. The average molecular weight is 372 g/mol. The zero-order valence-electron chi connectivity index (χ0n) is 15.9. The molecule has 1 atom stereocenters. The molecule has 4 rings (SSSR count). The molecule has 6 nitrogen and oxygen atoms in total. The zero-order chi connectivity index (χ0) is 18.8. The molecular formula is C21H24O6. The minimum absolute atomic E-state index is 0.170. The Labute approximate surface area is 158 Å². The number of ether oxygens (including phenoxy) is 6. The van der Waals surface area contributed by atoms with Crippen molar-refractivity contribution in [2.75, 3.05) is 33.9 Å². The summed E-state index contributed by atoms with van der Waals surface area (Å²) in [5, 5.41) is 1.76. The van der Waals surface area contributed by atoms with E-state index in [1.54, 1.807) is 7.11 Å². The lowest BCUT2D eigenvalue weighted by Gasteiger charge is -2.29. The van der Waals surface area contributed by atoms with Crippen molar-refractivity contribution in [3.8, 4) is 23.0 Å². The highest BCUT2D eigenvalue weighted by atomic mass is 16.7. The summed E-state index contributed by atoms with van der Waals surface area (Å²) in [4.78, 5) is 0. The summed E-state index contributed by atoms with van der Waals surface area (Å²) in [6.45, 7) is 5.54. The molecule has 0 aromatic heterocycles. The second kappa shape index (κ2) is 7.66. The van der Waals surface area contributed by atoms with E-state index in [0.717, 1.165) is 45.8 Å². The molecule has 2 aliphatic rings. The molecule has 0 unspecified atom stereocenters. The molecule has 0 saturated carbocycles. The van der Waals surface area contributed by atoms with Crippen molar-refractivity contribution >= 4 is 10.8 Å². The molecule has 0 aliphatic carbocycles. The minimum Gasteiger partial charge on any atom is -0.457 e. The fraction of sp³-hybridized carbons (Fsp3) is 0.429. The lowest BCUT2D eigenvalue weighted by atomic mass is 9.96. The van der Waals surface area contributed by atoms with Crippen LogP contribution in [0.5, 0.6) is 23.0 Å². The lowest BCUT2D eigenvalue weighted by molar-refractivity contribution is 0.0144. The summed E-state index contributed by atoms with van der Waals surface area (Å²) in [6.07, 6.45) is 2.73. The molecule has 0 spiro atoms. The van der Waals surface area contributed by atoms with E-state index in [-0.39, 0.29) is 19.7 Å². The van der Waals surface area contributed by atoms with Gasteiger partial charge < -0.3 is 28.4 Å². The standard InChI is InChI=1S/C21H24O6/c1-13(2)4-5-15(23-9-8-22-3)14-10-18-19-16(24-11-26-18)6-7-17-20(19)21(14)27-12-25-17/h4,6-7,10,15H,5,8-9,11-12H2,1-3H3/t15-/m1/s1. The molecule has 2 heterocycles. The van der Waals surface area contributed by atoms with Crippen molar-refractivity contribution in [2.24, 2.45) is 0 Å². The molecule has 2 aromatic carbocycles. The van der Waals surface area contributed by atoms with Gasteiger partial charge in [0.1, 0.15) is 23.0 Å². The summed E-state index contributed by atoms with van der Waals surface area (Å²) in [6, 6.07) is 5.84. The van der Waals surface area contributed by atoms with E-state index in [2.05, 4.69) is 19.9 Å². The summed E-state index contributed by atoms with van der Waals surface area (Å²) in [5.41, 5.74) is 2.19.